The zero-order valence-corrected chi connectivity index (χ0v) is 14.1. The van der Waals surface area contributed by atoms with Crippen LogP contribution in [0.1, 0.15) is 18.9 Å². The molecule has 1 rings (SSSR count). The highest BCUT2D eigenvalue weighted by Crippen LogP contribution is 2.13. The number of benzene rings is 1. The molecular weight excluding hydrogens is 280 g/mol. The van der Waals surface area contributed by atoms with E-state index in [4.69, 9.17) is 10.5 Å². The van der Waals surface area contributed by atoms with Crippen LogP contribution in [-0.4, -0.2) is 49.7 Å². The molecule has 0 aliphatic heterocycles. The molecule has 21 heavy (non-hydrogen) atoms. The van der Waals surface area contributed by atoms with Crippen molar-refractivity contribution >= 4 is 11.8 Å². The highest BCUT2D eigenvalue weighted by molar-refractivity contribution is 7.98. The Kier molecular flexibility index (Phi) is 9.00. The molecule has 0 spiro atoms. The van der Waals surface area contributed by atoms with Gasteiger partial charge < -0.3 is 15.4 Å². The predicted molar refractivity (Wildman–Crippen MR) is 93.0 cm³/mol. The Morgan fingerprint density at radius 2 is 2.24 bits per heavy atom. The number of ether oxygens (including phenoxy) is 1. The van der Waals surface area contributed by atoms with Crippen molar-refractivity contribution in [2.45, 2.75) is 19.4 Å². The smallest absolute Gasteiger partial charge is 0.120 e. The van der Waals surface area contributed by atoms with Crippen molar-refractivity contribution in [3.05, 3.63) is 29.8 Å². The highest BCUT2D eigenvalue weighted by atomic mass is 32.2. The van der Waals surface area contributed by atoms with E-state index in [0.717, 1.165) is 17.9 Å². The molecule has 0 fully saturated rings. The topological polar surface area (TPSA) is 38.5 Å². The summed E-state index contributed by atoms with van der Waals surface area (Å²) in [5.41, 5.74) is 6.32. The second-order valence-corrected chi connectivity index (χ2v) is 5.98. The van der Waals surface area contributed by atoms with Gasteiger partial charge in [-0.3, -0.25) is 0 Å². The summed E-state index contributed by atoms with van der Waals surface area (Å²) in [6.45, 7) is 4.26. The summed E-state index contributed by atoms with van der Waals surface area (Å²) in [4.78, 5) is 2.34. The van der Waals surface area contributed by atoms with Crippen LogP contribution in [0.15, 0.2) is 24.3 Å². The fraction of sp³-hybridized carbons (Fsp3) is 0.529. The Balaban J connectivity index is 2.38. The number of hydrogen-bond acceptors (Lipinski definition) is 4. The van der Waals surface area contributed by atoms with E-state index in [-0.39, 0.29) is 0 Å². The van der Waals surface area contributed by atoms with E-state index in [1.165, 1.54) is 12.2 Å². The Hall–Kier alpha value is -1.15. The monoisotopic (exact) mass is 306 g/mol. The van der Waals surface area contributed by atoms with Gasteiger partial charge >= 0.3 is 0 Å². The van der Waals surface area contributed by atoms with Crippen molar-refractivity contribution in [2.75, 3.05) is 38.8 Å². The van der Waals surface area contributed by atoms with Crippen molar-refractivity contribution < 1.29 is 4.74 Å². The van der Waals surface area contributed by atoms with Crippen molar-refractivity contribution in [2.24, 2.45) is 5.73 Å². The van der Waals surface area contributed by atoms with Gasteiger partial charge in [0, 0.05) is 18.2 Å². The van der Waals surface area contributed by atoms with E-state index in [1.807, 2.05) is 36.0 Å². The summed E-state index contributed by atoms with van der Waals surface area (Å²) in [6.07, 6.45) is 3.36. The molecule has 1 aromatic carbocycles. The maximum atomic E-state index is 5.81. The number of nitrogens with zero attached hydrogens (tertiary/aromatic N) is 1. The third kappa shape index (κ3) is 7.42. The lowest BCUT2D eigenvalue weighted by atomic mass is 10.2. The van der Waals surface area contributed by atoms with Gasteiger partial charge in [-0.2, -0.15) is 11.8 Å². The van der Waals surface area contributed by atoms with Gasteiger partial charge in [0.2, 0.25) is 0 Å². The lowest BCUT2D eigenvalue weighted by Gasteiger charge is -2.24. The molecule has 4 heteroatoms. The van der Waals surface area contributed by atoms with E-state index in [2.05, 4.69) is 37.0 Å². The summed E-state index contributed by atoms with van der Waals surface area (Å²) in [7, 11) is 2.15. The summed E-state index contributed by atoms with van der Waals surface area (Å²) < 4.78 is 5.81. The lowest BCUT2D eigenvalue weighted by molar-refractivity contribution is 0.197. The van der Waals surface area contributed by atoms with Crippen molar-refractivity contribution in [1.82, 2.24) is 4.90 Å². The molecule has 116 valence electrons. The van der Waals surface area contributed by atoms with Crippen LogP contribution >= 0.6 is 11.8 Å². The van der Waals surface area contributed by atoms with Crippen LogP contribution in [0.3, 0.4) is 0 Å². The summed E-state index contributed by atoms with van der Waals surface area (Å²) in [5.74, 6) is 7.94. The van der Waals surface area contributed by atoms with Gasteiger partial charge in [0.05, 0.1) is 6.54 Å². The van der Waals surface area contributed by atoms with Crippen molar-refractivity contribution in [3.63, 3.8) is 0 Å². The second kappa shape index (κ2) is 10.6. The number of thioether (sulfide) groups is 1. The average molecular weight is 306 g/mol. The molecule has 3 nitrogen and oxygen atoms in total. The van der Waals surface area contributed by atoms with Gasteiger partial charge in [-0.15, -0.1) is 0 Å². The van der Waals surface area contributed by atoms with Crippen LogP contribution in [0, 0.1) is 11.8 Å². The Morgan fingerprint density at radius 3 is 2.95 bits per heavy atom. The molecule has 0 aromatic heterocycles. The van der Waals surface area contributed by atoms with E-state index >= 15 is 0 Å². The molecule has 0 aliphatic rings. The minimum absolute atomic E-state index is 0.379. The van der Waals surface area contributed by atoms with Gasteiger partial charge in [-0.05, 0) is 50.6 Å². The quantitative estimate of drug-likeness (QED) is 0.749. The molecule has 0 amide bonds. The van der Waals surface area contributed by atoms with Crippen LogP contribution in [-0.2, 0) is 0 Å². The fourth-order valence-electron chi connectivity index (χ4n) is 1.85. The average Bonchev–Trinajstić information content (AvgIpc) is 2.50. The minimum Gasteiger partial charge on any atom is -0.492 e. The van der Waals surface area contributed by atoms with Gasteiger partial charge in [-0.1, -0.05) is 17.9 Å². The molecule has 0 radical (unpaired) electrons. The largest absolute Gasteiger partial charge is 0.492 e. The molecule has 1 aromatic rings. The molecule has 0 bridgehead atoms. The highest BCUT2D eigenvalue weighted by Gasteiger charge is 2.08. The number of hydrogen-bond donors (Lipinski definition) is 1. The SMILES string of the molecule is CSCCC(C)N(C)CCOc1cccc(C#CCN)c1. The standard InChI is InChI=1S/C17H26N2OS/c1-15(9-13-21-3)19(2)11-12-20-17-8-4-6-16(14-17)7-5-10-18/h4,6,8,14-15H,9-13,18H2,1-3H3. The predicted octanol–water partition coefficient (Wildman–Crippen LogP) is 2.45. The third-order valence-corrected chi connectivity index (χ3v) is 4.02. The summed E-state index contributed by atoms with van der Waals surface area (Å²) >= 11 is 1.90. The van der Waals surface area contributed by atoms with E-state index < -0.39 is 0 Å². The van der Waals surface area contributed by atoms with Gasteiger partial charge in [0.15, 0.2) is 0 Å². The molecule has 0 aliphatic carbocycles. The molecule has 1 unspecified atom stereocenters. The Bertz CT molecular complexity index is 467. The lowest BCUT2D eigenvalue weighted by Crippen LogP contribution is -2.33. The van der Waals surface area contributed by atoms with Crippen LogP contribution in [0.4, 0.5) is 0 Å². The van der Waals surface area contributed by atoms with E-state index in [9.17, 15) is 0 Å². The zero-order chi connectivity index (χ0) is 15.5. The molecule has 1 atom stereocenters. The second-order valence-electron chi connectivity index (χ2n) is 4.99. The maximum absolute atomic E-state index is 5.81. The molecular formula is C17H26N2OS. The Labute approximate surface area is 133 Å². The normalized spacial score (nSPS) is 11.9. The van der Waals surface area contributed by atoms with Crippen LogP contribution in [0.2, 0.25) is 0 Å². The minimum atomic E-state index is 0.379. The third-order valence-electron chi connectivity index (χ3n) is 3.37. The van der Waals surface area contributed by atoms with Crippen molar-refractivity contribution in [3.8, 4) is 17.6 Å². The Morgan fingerprint density at radius 1 is 1.43 bits per heavy atom. The van der Waals surface area contributed by atoms with E-state index in [0.29, 0.717) is 19.2 Å². The zero-order valence-electron chi connectivity index (χ0n) is 13.3. The number of likely N-dealkylation sites (N-methyl/N-ethyl adjacent to an activating group) is 1. The van der Waals surface area contributed by atoms with Gasteiger partial charge in [-0.25, -0.2) is 0 Å². The van der Waals surface area contributed by atoms with E-state index in [1.54, 1.807) is 0 Å². The number of rotatable bonds is 8. The summed E-state index contributed by atoms with van der Waals surface area (Å²) in [5, 5.41) is 0. The molecule has 0 heterocycles. The summed E-state index contributed by atoms with van der Waals surface area (Å²) in [6, 6.07) is 8.43. The fourth-order valence-corrected chi connectivity index (χ4v) is 2.43. The van der Waals surface area contributed by atoms with Crippen molar-refractivity contribution in [1.29, 1.82) is 0 Å². The van der Waals surface area contributed by atoms with Gasteiger partial charge in [0.1, 0.15) is 12.4 Å². The first kappa shape index (κ1) is 17.9. The maximum Gasteiger partial charge on any atom is 0.120 e. The first-order valence-corrected chi connectivity index (χ1v) is 8.67. The van der Waals surface area contributed by atoms with Gasteiger partial charge in [0.25, 0.3) is 0 Å². The number of nitrogens with two attached hydrogens (primary N) is 1. The molecule has 0 saturated heterocycles. The van der Waals surface area contributed by atoms with Crippen LogP contribution in [0.25, 0.3) is 0 Å². The van der Waals surface area contributed by atoms with Crippen LogP contribution in [0.5, 0.6) is 5.75 Å². The molecule has 2 N–H and O–H groups in total. The molecule has 0 saturated carbocycles. The first-order chi connectivity index (χ1) is 10.2. The first-order valence-electron chi connectivity index (χ1n) is 7.28. The van der Waals surface area contributed by atoms with Crippen LogP contribution < -0.4 is 10.5 Å².